The zero-order chi connectivity index (χ0) is 19.0. The van der Waals surface area contributed by atoms with Crippen LogP contribution >= 0.6 is 0 Å². The summed E-state index contributed by atoms with van der Waals surface area (Å²) in [5.41, 5.74) is 0.645. The Balaban J connectivity index is 1.62. The third-order valence-electron chi connectivity index (χ3n) is 5.37. The molecule has 4 rings (SSSR count). The Kier molecular flexibility index (Phi) is 4.65. The van der Waals surface area contributed by atoms with Gasteiger partial charge in [0.2, 0.25) is 10.0 Å². The molecule has 0 spiro atoms. The third kappa shape index (κ3) is 3.21. The van der Waals surface area contributed by atoms with Crippen molar-refractivity contribution < 1.29 is 17.9 Å². The first kappa shape index (κ1) is 18.0. The van der Waals surface area contributed by atoms with E-state index in [0.29, 0.717) is 37.2 Å². The normalized spacial score (nSPS) is 24.7. The Bertz CT molecular complexity index is 945. The van der Waals surface area contributed by atoms with E-state index in [9.17, 15) is 13.2 Å². The molecular formula is C20H22N2O4S. The van der Waals surface area contributed by atoms with Crippen molar-refractivity contribution in [1.82, 2.24) is 9.21 Å². The van der Waals surface area contributed by atoms with E-state index in [-0.39, 0.29) is 22.9 Å². The number of ether oxygens (including phenoxy) is 1. The Labute approximate surface area is 159 Å². The molecule has 7 heteroatoms. The monoisotopic (exact) mass is 386 g/mol. The van der Waals surface area contributed by atoms with Crippen molar-refractivity contribution in [3.63, 3.8) is 0 Å². The lowest BCUT2D eigenvalue weighted by molar-refractivity contribution is 0.0755. The van der Waals surface area contributed by atoms with Gasteiger partial charge in [-0.15, -0.1) is 0 Å². The van der Waals surface area contributed by atoms with Crippen LogP contribution in [0.5, 0.6) is 5.75 Å². The van der Waals surface area contributed by atoms with E-state index in [0.717, 1.165) is 0 Å². The molecule has 1 amide bonds. The van der Waals surface area contributed by atoms with Gasteiger partial charge in [-0.05, 0) is 30.7 Å². The highest BCUT2D eigenvalue weighted by atomic mass is 32.2. The third-order valence-corrected chi connectivity index (χ3v) is 7.29. The van der Waals surface area contributed by atoms with Crippen LogP contribution in [0.4, 0.5) is 0 Å². The van der Waals surface area contributed by atoms with Gasteiger partial charge in [0.1, 0.15) is 16.7 Å². The van der Waals surface area contributed by atoms with E-state index >= 15 is 0 Å². The summed E-state index contributed by atoms with van der Waals surface area (Å²) in [5, 5.41) is 0. The van der Waals surface area contributed by atoms with Crippen LogP contribution in [0, 0.1) is 0 Å². The number of hydrogen-bond acceptors (Lipinski definition) is 4. The molecule has 2 aromatic carbocycles. The van der Waals surface area contributed by atoms with E-state index < -0.39 is 10.0 Å². The van der Waals surface area contributed by atoms with Gasteiger partial charge in [-0.25, -0.2) is 8.42 Å². The maximum Gasteiger partial charge on any atom is 0.253 e. The van der Waals surface area contributed by atoms with Crippen molar-refractivity contribution in [3.8, 4) is 5.75 Å². The molecule has 0 radical (unpaired) electrons. The SMILES string of the molecule is CN1[C@@H]2CCN(C(=O)c3ccccc3)CC[C@H]2Oc2ccccc2S1(=O)=O. The van der Waals surface area contributed by atoms with Crippen LogP contribution in [-0.4, -0.2) is 55.8 Å². The summed E-state index contributed by atoms with van der Waals surface area (Å²) in [6, 6.07) is 15.6. The number of para-hydroxylation sites is 1. The number of likely N-dealkylation sites (tertiary alicyclic amines) is 1. The fourth-order valence-electron chi connectivity index (χ4n) is 3.84. The lowest BCUT2D eigenvalue weighted by Crippen LogP contribution is -2.44. The van der Waals surface area contributed by atoms with Gasteiger partial charge in [0.25, 0.3) is 5.91 Å². The minimum atomic E-state index is -3.63. The standard InChI is InChI=1S/C20H22N2O4S/c1-21-16-11-13-22(20(23)15-7-3-2-4-8-15)14-12-17(16)26-18-9-5-6-10-19(18)27(21,24)25/h2-10,16-17H,11-14H2,1H3/t16-,17-/m1/s1. The molecular weight excluding hydrogens is 364 g/mol. The average Bonchev–Trinajstić information content (AvgIpc) is 2.93. The molecule has 1 saturated heterocycles. The smallest absolute Gasteiger partial charge is 0.253 e. The molecule has 1 fully saturated rings. The van der Waals surface area contributed by atoms with Gasteiger partial charge < -0.3 is 9.64 Å². The van der Waals surface area contributed by atoms with E-state index in [1.165, 1.54) is 4.31 Å². The van der Waals surface area contributed by atoms with Gasteiger partial charge >= 0.3 is 0 Å². The molecule has 6 nitrogen and oxygen atoms in total. The largest absolute Gasteiger partial charge is 0.487 e. The van der Waals surface area contributed by atoms with Crippen molar-refractivity contribution in [2.75, 3.05) is 20.1 Å². The van der Waals surface area contributed by atoms with Crippen LogP contribution in [0.3, 0.4) is 0 Å². The lowest BCUT2D eigenvalue weighted by atomic mass is 10.1. The molecule has 0 aromatic heterocycles. The molecule has 0 aliphatic carbocycles. The van der Waals surface area contributed by atoms with Crippen molar-refractivity contribution in [1.29, 1.82) is 0 Å². The average molecular weight is 386 g/mol. The van der Waals surface area contributed by atoms with Crippen molar-refractivity contribution in [2.45, 2.75) is 29.9 Å². The minimum absolute atomic E-state index is 0.0297. The number of likely N-dealkylation sites (N-methyl/N-ethyl adjacent to an activating group) is 1. The second-order valence-electron chi connectivity index (χ2n) is 6.93. The molecule has 27 heavy (non-hydrogen) atoms. The number of benzene rings is 2. The molecule has 2 aliphatic rings. The summed E-state index contributed by atoms with van der Waals surface area (Å²) in [5.74, 6) is 0.359. The molecule has 0 saturated carbocycles. The van der Waals surface area contributed by atoms with Gasteiger partial charge in [0.15, 0.2) is 0 Å². The molecule has 0 bridgehead atoms. The van der Waals surface area contributed by atoms with Crippen LogP contribution in [0.1, 0.15) is 23.2 Å². The zero-order valence-corrected chi connectivity index (χ0v) is 15.9. The van der Waals surface area contributed by atoms with Crippen LogP contribution in [0.2, 0.25) is 0 Å². The second kappa shape index (κ2) is 6.98. The molecule has 2 aromatic rings. The number of sulfonamides is 1. The van der Waals surface area contributed by atoms with Crippen molar-refractivity contribution >= 4 is 15.9 Å². The predicted octanol–water partition coefficient (Wildman–Crippen LogP) is 2.37. The van der Waals surface area contributed by atoms with Crippen molar-refractivity contribution in [2.24, 2.45) is 0 Å². The van der Waals surface area contributed by atoms with Gasteiger partial charge in [0.05, 0.1) is 6.04 Å². The highest BCUT2D eigenvalue weighted by molar-refractivity contribution is 7.89. The number of amides is 1. The summed E-state index contributed by atoms with van der Waals surface area (Å²) in [7, 11) is -2.02. The summed E-state index contributed by atoms with van der Waals surface area (Å²) in [6.07, 6.45) is 0.826. The molecule has 0 unspecified atom stereocenters. The first-order chi connectivity index (χ1) is 13.0. The molecule has 142 valence electrons. The molecule has 0 N–H and O–H groups in total. The maximum absolute atomic E-state index is 13.0. The van der Waals surface area contributed by atoms with Crippen LogP contribution in [0.15, 0.2) is 59.5 Å². The van der Waals surface area contributed by atoms with E-state index in [1.54, 1.807) is 48.3 Å². The van der Waals surface area contributed by atoms with E-state index in [1.807, 2.05) is 18.2 Å². The zero-order valence-electron chi connectivity index (χ0n) is 15.1. The summed E-state index contributed by atoms with van der Waals surface area (Å²) in [4.78, 5) is 14.8. The number of fused-ring (bicyclic) bond motifs is 2. The first-order valence-corrected chi connectivity index (χ1v) is 10.5. The number of rotatable bonds is 1. The number of carbonyl (C=O) groups is 1. The fourth-order valence-corrected chi connectivity index (χ4v) is 5.37. The highest BCUT2D eigenvalue weighted by Crippen LogP contribution is 2.35. The second-order valence-corrected chi connectivity index (χ2v) is 8.89. The summed E-state index contributed by atoms with van der Waals surface area (Å²) >= 11 is 0. The highest BCUT2D eigenvalue weighted by Gasteiger charge is 2.41. The summed E-state index contributed by atoms with van der Waals surface area (Å²) in [6.45, 7) is 1.03. The van der Waals surface area contributed by atoms with Crippen LogP contribution in [-0.2, 0) is 10.0 Å². The molecule has 2 aliphatic heterocycles. The Hall–Kier alpha value is -2.38. The Morgan fingerprint density at radius 1 is 1.00 bits per heavy atom. The molecule has 2 atom stereocenters. The van der Waals surface area contributed by atoms with Crippen LogP contribution < -0.4 is 4.74 Å². The van der Waals surface area contributed by atoms with E-state index in [4.69, 9.17) is 4.74 Å². The quantitative estimate of drug-likeness (QED) is 0.755. The van der Waals surface area contributed by atoms with Gasteiger partial charge in [-0.1, -0.05) is 30.3 Å². The Morgan fingerprint density at radius 2 is 1.67 bits per heavy atom. The number of nitrogens with zero attached hydrogens (tertiary/aromatic N) is 2. The summed E-state index contributed by atoms with van der Waals surface area (Å²) < 4.78 is 33.5. The van der Waals surface area contributed by atoms with E-state index in [2.05, 4.69) is 0 Å². The fraction of sp³-hybridized carbons (Fsp3) is 0.350. The Morgan fingerprint density at radius 3 is 2.44 bits per heavy atom. The maximum atomic E-state index is 13.0. The lowest BCUT2D eigenvalue weighted by Gasteiger charge is -2.28. The van der Waals surface area contributed by atoms with Gasteiger partial charge in [-0.2, -0.15) is 4.31 Å². The van der Waals surface area contributed by atoms with Gasteiger partial charge in [-0.3, -0.25) is 4.79 Å². The van der Waals surface area contributed by atoms with Crippen LogP contribution in [0.25, 0.3) is 0 Å². The number of hydrogen-bond donors (Lipinski definition) is 0. The number of carbonyl (C=O) groups excluding carboxylic acids is 1. The predicted molar refractivity (Wildman–Crippen MR) is 101 cm³/mol. The first-order valence-electron chi connectivity index (χ1n) is 9.06. The van der Waals surface area contributed by atoms with Gasteiger partial charge in [0, 0.05) is 32.1 Å². The minimum Gasteiger partial charge on any atom is -0.487 e. The molecule has 2 heterocycles. The van der Waals surface area contributed by atoms with Crippen molar-refractivity contribution in [3.05, 3.63) is 60.2 Å². The topological polar surface area (TPSA) is 66.9 Å².